The molecular weight excluding hydrogens is 368 g/mol. The molecule has 0 amide bonds. The van der Waals surface area contributed by atoms with E-state index in [1.54, 1.807) is 20.9 Å². The fourth-order valence-corrected chi connectivity index (χ4v) is 4.58. The van der Waals surface area contributed by atoms with E-state index in [9.17, 15) is 8.42 Å². The smallest absolute Gasteiger partial charge is 0.191 e. The van der Waals surface area contributed by atoms with Crippen LogP contribution in [-0.2, 0) is 9.84 Å². The molecule has 2 N–H and O–H groups in total. The van der Waals surface area contributed by atoms with Crippen molar-refractivity contribution in [3.05, 3.63) is 22.4 Å². The summed E-state index contributed by atoms with van der Waals surface area (Å²) in [6.07, 6.45) is 3.64. The normalized spacial score (nSPS) is 23.0. The lowest BCUT2D eigenvalue weighted by molar-refractivity contribution is 0.125. The first kappa shape index (κ1) is 21.2. The number of hydrogen-bond donors (Lipinski definition) is 2. The maximum Gasteiger partial charge on any atom is 0.191 e. The third kappa shape index (κ3) is 5.20. The number of nitrogens with zero attached hydrogens (tertiary/aromatic N) is 2. The molecule has 2 unspecified atom stereocenters. The predicted octanol–water partition coefficient (Wildman–Crippen LogP) is 2.12. The Hall–Kier alpha value is -1.12. The van der Waals surface area contributed by atoms with Crippen LogP contribution in [0.15, 0.2) is 22.5 Å². The average molecular weight is 401 g/mol. The first-order chi connectivity index (χ1) is 12.2. The van der Waals surface area contributed by atoms with Crippen LogP contribution in [0.5, 0.6) is 0 Å². The number of thiophene rings is 1. The summed E-state index contributed by atoms with van der Waals surface area (Å²) >= 11 is 1.81. The second-order valence-electron chi connectivity index (χ2n) is 7.68. The number of piperidine rings is 1. The second kappa shape index (κ2) is 8.71. The van der Waals surface area contributed by atoms with E-state index in [1.165, 1.54) is 24.0 Å². The molecule has 0 aromatic carbocycles. The van der Waals surface area contributed by atoms with Gasteiger partial charge in [0.2, 0.25) is 0 Å². The monoisotopic (exact) mass is 400 g/mol. The van der Waals surface area contributed by atoms with E-state index in [4.69, 9.17) is 0 Å². The molecule has 2 rings (SSSR count). The van der Waals surface area contributed by atoms with E-state index in [2.05, 4.69) is 45.1 Å². The van der Waals surface area contributed by atoms with Crippen LogP contribution in [0, 0.1) is 5.92 Å². The highest BCUT2D eigenvalue weighted by molar-refractivity contribution is 7.92. The van der Waals surface area contributed by atoms with Crippen molar-refractivity contribution in [3.8, 4) is 0 Å². The summed E-state index contributed by atoms with van der Waals surface area (Å²) in [7, 11) is 0.770. The summed E-state index contributed by atoms with van der Waals surface area (Å²) < 4.78 is 22.9. The number of nitrogens with one attached hydrogen (secondary N) is 2. The quantitative estimate of drug-likeness (QED) is 0.565. The standard InChI is InChI=1S/C18H32N4O2S2/c1-18(2,26(5,23)24)13-21-17(19-3)20-12-14-8-6-10-22(4)16(14)15-9-7-11-25-15/h7,9,11,14,16H,6,8,10,12-13H2,1-5H3,(H2,19,20,21). The minimum atomic E-state index is -3.14. The molecule has 1 aromatic rings. The summed E-state index contributed by atoms with van der Waals surface area (Å²) in [4.78, 5) is 8.09. The van der Waals surface area contributed by atoms with E-state index in [-0.39, 0.29) is 0 Å². The van der Waals surface area contributed by atoms with Gasteiger partial charge in [0, 0.05) is 37.3 Å². The Kier molecular flexibility index (Phi) is 7.10. The fraction of sp³-hybridized carbons (Fsp3) is 0.722. The highest BCUT2D eigenvalue weighted by Gasteiger charge is 2.32. The molecule has 1 aromatic heterocycles. The van der Waals surface area contributed by atoms with Crippen molar-refractivity contribution in [2.24, 2.45) is 10.9 Å². The maximum absolute atomic E-state index is 11.9. The summed E-state index contributed by atoms with van der Waals surface area (Å²) in [6, 6.07) is 4.74. The lowest BCUT2D eigenvalue weighted by Crippen LogP contribution is -2.49. The predicted molar refractivity (Wildman–Crippen MR) is 111 cm³/mol. The molecule has 0 bridgehead atoms. The Morgan fingerprint density at radius 2 is 2.15 bits per heavy atom. The minimum absolute atomic E-state index is 0.324. The van der Waals surface area contributed by atoms with Gasteiger partial charge in [-0.05, 0) is 57.6 Å². The van der Waals surface area contributed by atoms with Gasteiger partial charge in [-0.25, -0.2) is 8.42 Å². The highest BCUT2D eigenvalue weighted by atomic mass is 32.2. The van der Waals surface area contributed by atoms with Crippen molar-refractivity contribution in [1.82, 2.24) is 15.5 Å². The van der Waals surface area contributed by atoms with E-state index in [0.717, 1.165) is 13.1 Å². The van der Waals surface area contributed by atoms with Gasteiger partial charge in [-0.3, -0.25) is 9.89 Å². The van der Waals surface area contributed by atoms with Crippen molar-refractivity contribution in [1.29, 1.82) is 0 Å². The van der Waals surface area contributed by atoms with Crippen LogP contribution in [0.4, 0.5) is 0 Å². The molecule has 1 aliphatic heterocycles. The molecule has 1 saturated heterocycles. The average Bonchev–Trinajstić information content (AvgIpc) is 3.08. The topological polar surface area (TPSA) is 73.8 Å². The van der Waals surface area contributed by atoms with Crippen molar-refractivity contribution >= 4 is 27.1 Å². The Bertz CT molecular complexity index is 699. The van der Waals surface area contributed by atoms with Gasteiger partial charge in [0.25, 0.3) is 0 Å². The molecule has 8 heteroatoms. The molecule has 2 atom stereocenters. The van der Waals surface area contributed by atoms with Crippen LogP contribution in [0.2, 0.25) is 0 Å². The van der Waals surface area contributed by atoms with Crippen LogP contribution in [0.3, 0.4) is 0 Å². The fourth-order valence-electron chi connectivity index (χ4n) is 3.26. The van der Waals surface area contributed by atoms with Gasteiger partial charge in [0.05, 0.1) is 4.75 Å². The minimum Gasteiger partial charge on any atom is -0.356 e. The Morgan fingerprint density at radius 3 is 2.73 bits per heavy atom. The molecule has 1 aliphatic rings. The van der Waals surface area contributed by atoms with Crippen LogP contribution in [-0.4, -0.2) is 64.0 Å². The SMILES string of the molecule is CN=C(NCC1CCCN(C)C1c1cccs1)NCC(C)(C)S(C)(=O)=O. The largest absolute Gasteiger partial charge is 0.356 e. The summed E-state index contributed by atoms with van der Waals surface area (Å²) in [5.74, 6) is 1.15. The second-order valence-corrected chi connectivity index (χ2v) is 11.3. The Labute approximate surface area is 162 Å². The molecule has 0 radical (unpaired) electrons. The Balaban J connectivity index is 1.96. The van der Waals surface area contributed by atoms with Crippen LogP contribution in [0.1, 0.15) is 37.6 Å². The van der Waals surface area contributed by atoms with Gasteiger partial charge in [0.15, 0.2) is 15.8 Å². The molecule has 148 valence electrons. The van der Waals surface area contributed by atoms with Gasteiger partial charge < -0.3 is 10.6 Å². The third-order valence-electron chi connectivity index (χ3n) is 5.28. The molecule has 0 aliphatic carbocycles. The summed E-state index contributed by atoms with van der Waals surface area (Å²) in [5.41, 5.74) is 0. The van der Waals surface area contributed by atoms with Crippen molar-refractivity contribution < 1.29 is 8.42 Å². The number of rotatable bonds is 6. The zero-order valence-electron chi connectivity index (χ0n) is 16.4. The van der Waals surface area contributed by atoms with Gasteiger partial charge in [-0.2, -0.15) is 0 Å². The summed E-state index contributed by atoms with van der Waals surface area (Å²) in [5, 5.41) is 8.70. The van der Waals surface area contributed by atoms with Crippen LogP contribution < -0.4 is 10.6 Å². The highest BCUT2D eigenvalue weighted by Crippen LogP contribution is 2.36. The third-order valence-corrected chi connectivity index (χ3v) is 8.38. The zero-order valence-corrected chi connectivity index (χ0v) is 18.1. The van der Waals surface area contributed by atoms with Gasteiger partial charge in [-0.1, -0.05) is 6.07 Å². The number of guanidine groups is 1. The van der Waals surface area contributed by atoms with Gasteiger partial charge in [0.1, 0.15) is 0 Å². The van der Waals surface area contributed by atoms with E-state index >= 15 is 0 Å². The zero-order chi connectivity index (χ0) is 19.4. The lowest BCUT2D eigenvalue weighted by Gasteiger charge is -2.39. The number of likely N-dealkylation sites (tertiary alicyclic amines) is 1. The maximum atomic E-state index is 11.9. The van der Waals surface area contributed by atoms with E-state index in [1.807, 2.05) is 11.3 Å². The molecule has 6 nitrogen and oxygen atoms in total. The molecule has 0 spiro atoms. The van der Waals surface area contributed by atoms with Crippen molar-refractivity contribution in [3.63, 3.8) is 0 Å². The van der Waals surface area contributed by atoms with E-state index < -0.39 is 14.6 Å². The van der Waals surface area contributed by atoms with Gasteiger partial charge in [-0.15, -0.1) is 11.3 Å². The summed E-state index contributed by atoms with van der Waals surface area (Å²) in [6.45, 7) is 5.71. The van der Waals surface area contributed by atoms with Crippen molar-refractivity contribution in [2.75, 3.05) is 40.0 Å². The van der Waals surface area contributed by atoms with Crippen LogP contribution >= 0.6 is 11.3 Å². The lowest BCUT2D eigenvalue weighted by atomic mass is 9.88. The molecule has 1 fully saturated rings. The molecule has 0 saturated carbocycles. The number of hydrogen-bond acceptors (Lipinski definition) is 5. The van der Waals surface area contributed by atoms with Gasteiger partial charge >= 0.3 is 0 Å². The first-order valence-electron chi connectivity index (χ1n) is 9.03. The van der Waals surface area contributed by atoms with E-state index in [0.29, 0.717) is 24.5 Å². The number of aliphatic imine (C=N–C) groups is 1. The number of sulfone groups is 1. The van der Waals surface area contributed by atoms with Crippen LogP contribution in [0.25, 0.3) is 0 Å². The van der Waals surface area contributed by atoms with Crippen molar-refractivity contribution in [2.45, 2.75) is 37.5 Å². The first-order valence-corrected chi connectivity index (χ1v) is 11.8. The molecular formula is C18H32N4O2S2. The Morgan fingerprint density at radius 1 is 1.42 bits per heavy atom. The molecule has 26 heavy (non-hydrogen) atoms. The molecule has 2 heterocycles.